The van der Waals surface area contributed by atoms with Gasteiger partial charge in [0, 0.05) is 17.2 Å². The van der Waals surface area contributed by atoms with E-state index in [1.807, 2.05) is 0 Å². The highest BCUT2D eigenvalue weighted by Gasteiger charge is 2.06. The van der Waals surface area contributed by atoms with E-state index in [2.05, 4.69) is 10.5 Å². The Hall–Kier alpha value is -2.93. The van der Waals surface area contributed by atoms with Crippen LogP contribution in [0.1, 0.15) is 5.56 Å². The Morgan fingerprint density at radius 3 is 2.48 bits per heavy atom. The van der Waals surface area contributed by atoms with Gasteiger partial charge in [-0.25, -0.2) is 5.43 Å². The van der Waals surface area contributed by atoms with Gasteiger partial charge in [-0.15, -0.1) is 0 Å². The molecule has 0 fully saturated rings. The average Bonchev–Trinajstić information content (AvgIpc) is 2.55. The van der Waals surface area contributed by atoms with Gasteiger partial charge in [0.1, 0.15) is 5.75 Å². The lowest BCUT2D eigenvalue weighted by molar-refractivity contribution is -0.384. The van der Waals surface area contributed by atoms with Crippen molar-refractivity contribution in [2.75, 3.05) is 6.61 Å². The van der Waals surface area contributed by atoms with Gasteiger partial charge >= 0.3 is 0 Å². The molecule has 1 amide bonds. The SMILES string of the molecule is O=C(COc1ccc([N+](=O)[O-])cc1)N/N=C\c1ccc(Cl)cc1. The molecule has 8 heteroatoms. The lowest BCUT2D eigenvalue weighted by Gasteiger charge is -2.04. The van der Waals surface area contributed by atoms with E-state index in [1.54, 1.807) is 24.3 Å². The summed E-state index contributed by atoms with van der Waals surface area (Å²) in [6.07, 6.45) is 1.47. The molecule has 0 heterocycles. The molecule has 2 aromatic rings. The first-order valence-electron chi connectivity index (χ1n) is 6.49. The number of hydrogen-bond acceptors (Lipinski definition) is 5. The molecule has 0 aliphatic heterocycles. The topological polar surface area (TPSA) is 93.8 Å². The number of nitro groups is 1. The van der Waals surface area contributed by atoms with Crippen molar-refractivity contribution >= 4 is 29.4 Å². The number of amides is 1. The van der Waals surface area contributed by atoms with Crippen LogP contribution in [0.15, 0.2) is 53.6 Å². The average molecular weight is 334 g/mol. The molecule has 2 aromatic carbocycles. The number of hydrazone groups is 1. The number of benzene rings is 2. The number of hydrogen-bond donors (Lipinski definition) is 1. The van der Waals surface area contributed by atoms with Crippen LogP contribution in [0.2, 0.25) is 5.02 Å². The van der Waals surface area contributed by atoms with E-state index in [9.17, 15) is 14.9 Å². The fourth-order valence-electron chi connectivity index (χ4n) is 1.57. The highest BCUT2D eigenvalue weighted by molar-refractivity contribution is 6.30. The number of carbonyl (C=O) groups excluding carboxylic acids is 1. The van der Waals surface area contributed by atoms with Crippen LogP contribution >= 0.6 is 11.6 Å². The molecule has 0 spiro atoms. The molecule has 7 nitrogen and oxygen atoms in total. The predicted octanol–water partition coefficient (Wildman–Crippen LogP) is 2.78. The summed E-state index contributed by atoms with van der Waals surface area (Å²) in [5.74, 6) is -0.0963. The fraction of sp³-hybridized carbons (Fsp3) is 0.0667. The van der Waals surface area contributed by atoms with Crippen molar-refractivity contribution in [1.82, 2.24) is 5.43 Å². The summed E-state index contributed by atoms with van der Waals surface area (Å²) >= 11 is 5.75. The van der Waals surface area contributed by atoms with Gasteiger partial charge in [0.2, 0.25) is 0 Å². The van der Waals surface area contributed by atoms with E-state index in [1.165, 1.54) is 30.5 Å². The minimum absolute atomic E-state index is 0.0469. The van der Waals surface area contributed by atoms with Crippen LogP contribution in [0.25, 0.3) is 0 Å². The number of nitro benzene ring substituents is 1. The molecule has 0 aromatic heterocycles. The molecule has 0 atom stereocenters. The Bertz CT molecular complexity index is 715. The van der Waals surface area contributed by atoms with Gasteiger partial charge in [0.25, 0.3) is 11.6 Å². The lowest BCUT2D eigenvalue weighted by atomic mass is 10.2. The molecule has 23 heavy (non-hydrogen) atoms. The number of non-ortho nitro benzene ring substituents is 1. The molecule has 0 aliphatic carbocycles. The van der Waals surface area contributed by atoms with Crippen LogP contribution in [0.3, 0.4) is 0 Å². The Kier molecular flexibility index (Phi) is 5.65. The molecule has 0 unspecified atom stereocenters. The molecule has 0 aliphatic rings. The Morgan fingerprint density at radius 2 is 1.87 bits per heavy atom. The van der Waals surface area contributed by atoms with Crippen LogP contribution in [-0.4, -0.2) is 23.7 Å². The van der Waals surface area contributed by atoms with Gasteiger partial charge in [0.15, 0.2) is 6.61 Å². The van der Waals surface area contributed by atoms with Gasteiger partial charge in [-0.1, -0.05) is 23.7 Å². The molecular formula is C15H12ClN3O4. The first-order chi connectivity index (χ1) is 11.0. The quantitative estimate of drug-likeness (QED) is 0.499. The molecule has 1 N–H and O–H groups in total. The first-order valence-corrected chi connectivity index (χ1v) is 6.87. The maximum atomic E-state index is 11.6. The van der Waals surface area contributed by atoms with E-state index >= 15 is 0 Å². The summed E-state index contributed by atoms with van der Waals surface area (Å²) < 4.78 is 5.20. The zero-order valence-corrected chi connectivity index (χ0v) is 12.6. The number of nitrogens with zero attached hydrogens (tertiary/aromatic N) is 2. The van der Waals surface area contributed by atoms with Gasteiger partial charge in [0.05, 0.1) is 11.1 Å². The minimum atomic E-state index is -0.512. The normalized spacial score (nSPS) is 10.5. The maximum absolute atomic E-state index is 11.6. The molecule has 0 bridgehead atoms. The number of nitrogens with one attached hydrogen (secondary N) is 1. The van der Waals surface area contributed by atoms with Crippen molar-refractivity contribution in [3.8, 4) is 5.75 Å². The number of rotatable bonds is 6. The maximum Gasteiger partial charge on any atom is 0.277 e. The third kappa shape index (κ3) is 5.40. The second kappa shape index (κ2) is 7.90. The molecule has 0 saturated carbocycles. The Labute approximate surface area is 136 Å². The Morgan fingerprint density at radius 1 is 1.22 bits per heavy atom. The van der Waals surface area contributed by atoms with E-state index in [-0.39, 0.29) is 12.3 Å². The Balaban J connectivity index is 1.78. The second-order valence-electron chi connectivity index (χ2n) is 4.38. The lowest BCUT2D eigenvalue weighted by Crippen LogP contribution is -2.24. The first kappa shape index (κ1) is 16.4. The fourth-order valence-corrected chi connectivity index (χ4v) is 1.70. The second-order valence-corrected chi connectivity index (χ2v) is 4.82. The highest BCUT2D eigenvalue weighted by Crippen LogP contribution is 2.17. The van der Waals surface area contributed by atoms with Crippen LogP contribution in [0.4, 0.5) is 5.69 Å². The van der Waals surface area contributed by atoms with Crippen molar-refractivity contribution in [2.24, 2.45) is 5.10 Å². The monoisotopic (exact) mass is 333 g/mol. The summed E-state index contributed by atoms with van der Waals surface area (Å²) in [4.78, 5) is 21.6. The zero-order chi connectivity index (χ0) is 16.7. The number of halogens is 1. The molecular weight excluding hydrogens is 322 g/mol. The van der Waals surface area contributed by atoms with E-state index in [4.69, 9.17) is 16.3 Å². The van der Waals surface area contributed by atoms with Crippen molar-refractivity contribution < 1.29 is 14.5 Å². The van der Waals surface area contributed by atoms with E-state index < -0.39 is 10.8 Å². The van der Waals surface area contributed by atoms with Crippen molar-refractivity contribution in [3.63, 3.8) is 0 Å². The standard InChI is InChI=1S/C15H12ClN3O4/c16-12-3-1-11(2-4-12)9-17-18-15(20)10-23-14-7-5-13(6-8-14)19(21)22/h1-9H,10H2,(H,18,20)/b17-9-. The zero-order valence-electron chi connectivity index (χ0n) is 11.8. The van der Waals surface area contributed by atoms with Crippen molar-refractivity contribution in [2.45, 2.75) is 0 Å². The summed E-state index contributed by atoms with van der Waals surface area (Å²) in [6, 6.07) is 12.4. The van der Waals surface area contributed by atoms with Gasteiger partial charge in [-0.05, 0) is 29.8 Å². The summed E-state index contributed by atoms with van der Waals surface area (Å²) in [5.41, 5.74) is 3.05. The number of carbonyl (C=O) groups is 1. The van der Waals surface area contributed by atoms with Crippen LogP contribution in [0.5, 0.6) is 5.75 Å². The van der Waals surface area contributed by atoms with Gasteiger partial charge in [-0.3, -0.25) is 14.9 Å². The third-order valence-electron chi connectivity index (χ3n) is 2.69. The van der Waals surface area contributed by atoms with E-state index in [0.717, 1.165) is 5.56 Å². The predicted molar refractivity (Wildman–Crippen MR) is 85.8 cm³/mol. The third-order valence-corrected chi connectivity index (χ3v) is 2.94. The van der Waals surface area contributed by atoms with Gasteiger partial charge < -0.3 is 4.74 Å². The minimum Gasteiger partial charge on any atom is -0.484 e. The largest absolute Gasteiger partial charge is 0.484 e. The highest BCUT2D eigenvalue weighted by atomic mass is 35.5. The van der Waals surface area contributed by atoms with Crippen LogP contribution in [-0.2, 0) is 4.79 Å². The molecule has 118 valence electrons. The molecule has 2 rings (SSSR count). The summed E-state index contributed by atoms with van der Waals surface area (Å²) in [6.45, 7) is -0.254. The van der Waals surface area contributed by atoms with Crippen molar-refractivity contribution in [3.05, 3.63) is 69.2 Å². The molecule has 0 radical (unpaired) electrons. The number of ether oxygens (including phenoxy) is 1. The summed E-state index contributed by atoms with van der Waals surface area (Å²) in [7, 11) is 0. The van der Waals surface area contributed by atoms with Gasteiger partial charge in [-0.2, -0.15) is 5.10 Å². The van der Waals surface area contributed by atoms with Crippen LogP contribution < -0.4 is 10.2 Å². The molecule has 0 saturated heterocycles. The van der Waals surface area contributed by atoms with Crippen molar-refractivity contribution in [1.29, 1.82) is 0 Å². The smallest absolute Gasteiger partial charge is 0.277 e. The van der Waals surface area contributed by atoms with Crippen LogP contribution in [0, 0.1) is 10.1 Å². The van der Waals surface area contributed by atoms with E-state index in [0.29, 0.717) is 10.8 Å². The summed E-state index contributed by atoms with van der Waals surface area (Å²) in [5, 5.41) is 14.9.